The Morgan fingerprint density at radius 1 is 1.38 bits per heavy atom. The van der Waals surface area contributed by atoms with Crippen LogP contribution in [-0.4, -0.2) is 57.5 Å². The predicted octanol–water partition coefficient (Wildman–Crippen LogP) is 1.25. The molecule has 1 aliphatic rings. The number of para-hydroxylation sites is 1. The second-order valence-electron chi connectivity index (χ2n) is 5.46. The average molecular weight is 333 g/mol. The molecule has 3 rings (SSSR count). The van der Waals surface area contributed by atoms with E-state index in [1.54, 1.807) is 25.1 Å². The molecule has 0 radical (unpaired) electrons. The van der Waals surface area contributed by atoms with Crippen LogP contribution >= 0.6 is 0 Å². The summed E-state index contributed by atoms with van der Waals surface area (Å²) in [7, 11) is 0. The number of carbonyl (C=O) groups is 2. The fourth-order valence-corrected chi connectivity index (χ4v) is 2.64. The van der Waals surface area contributed by atoms with Gasteiger partial charge in [0.15, 0.2) is 6.10 Å². The van der Waals surface area contributed by atoms with Crippen molar-refractivity contribution >= 4 is 11.9 Å². The van der Waals surface area contributed by atoms with Crippen molar-refractivity contribution in [2.75, 3.05) is 19.7 Å². The largest absolute Gasteiger partial charge is 0.479 e. The highest BCUT2D eigenvalue weighted by Crippen LogP contribution is 2.19. The highest BCUT2D eigenvalue weighted by molar-refractivity contribution is 5.95. The Balaban J connectivity index is 1.87. The van der Waals surface area contributed by atoms with Gasteiger partial charge in [-0.25, -0.2) is 13.9 Å². The molecular formula is C16H16FN3O4. The van der Waals surface area contributed by atoms with Crippen molar-refractivity contribution in [2.45, 2.75) is 13.0 Å². The number of carbonyl (C=O) groups excluding carboxylic acids is 1. The van der Waals surface area contributed by atoms with Crippen LogP contribution in [0, 0.1) is 12.7 Å². The minimum Gasteiger partial charge on any atom is -0.479 e. The molecule has 1 aromatic heterocycles. The van der Waals surface area contributed by atoms with Gasteiger partial charge in [-0.1, -0.05) is 12.1 Å². The zero-order chi connectivity index (χ0) is 17.3. The number of benzene rings is 1. The number of halogens is 1. The van der Waals surface area contributed by atoms with E-state index in [0.717, 1.165) is 0 Å². The molecule has 1 unspecified atom stereocenters. The maximum atomic E-state index is 13.9. The molecule has 0 aliphatic carbocycles. The third kappa shape index (κ3) is 2.88. The molecule has 1 amide bonds. The number of rotatable bonds is 3. The summed E-state index contributed by atoms with van der Waals surface area (Å²) in [6, 6.07) is 6.14. The zero-order valence-electron chi connectivity index (χ0n) is 13.0. The topological polar surface area (TPSA) is 84.7 Å². The quantitative estimate of drug-likeness (QED) is 0.914. The van der Waals surface area contributed by atoms with Crippen LogP contribution in [-0.2, 0) is 9.53 Å². The lowest BCUT2D eigenvalue weighted by molar-refractivity contribution is -0.154. The molecular weight excluding hydrogens is 317 g/mol. The highest BCUT2D eigenvalue weighted by atomic mass is 19.1. The molecule has 1 aromatic carbocycles. The number of aliphatic carboxylic acids is 1. The van der Waals surface area contributed by atoms with Gasteiger partial charge in [0, 0.05) is 6.54 Å². The molecule has 0 spiro atoms. The van der Waals surface area contributed by atoms with Gasteiger partial charge in [0.05, 0.1) is 30.6 Å². The van der Waals surface area contributed by atoms with Gasteiger partial charge in [-0.2, -0.15) is 5.10 Å². The molecule has 1 N–H and O–H groups in total. The molecule has 8 heteroatoms. The summed E-state index contributed by atoms with van der Waals surface area (Å²) in [5.41, 5.74) is 1.05. The third-order valence-electron chi connectivity index (χ3n) is 3.95. The maximum Gasteiger partial charge on any atom is 0.334 e. The number of amides is 1. The molecule has 1 aliphatic heterocycles. The Labute approximate surface area is 137 Å². The van der Waals surface area contributed by atoms with Crippen molar-refractivity contribution in [3.8, 4) is 5.69 Å². The van der Waals surface area contributed by atoms with Crippen LogP contribution in [0.5, 0.6) is 0 Å². The van der Waals surface area contributed by atoms with E-state index in [1.165, 1.54) is 21.8 Å². The van der Waals surface area contributed by atoms with E-state index < -0.39 is 17.9 Å². The van der Waals surface area contributed by atoms with Crippen LogP contribution < -0.4 is 0 Å². The second kappa shape index (κ2) is 6.40. The third-order valence-corrected chi connectivity index (χ3v) is 3.95. The van der Waals surface area contributed by atoms with E-state index in [4.69, 9.17) is 9.84 Å². The molecule has 126 valence electrons. The van der Waals surface area contributed by atoms with Gasteiger partial charge in [0.2, 0.25) is 0 Å². The molecule has 1 saturated heterocycles. The number of hydrogen-bond donors (Lipinski definition) is 1. The van der Waals surface area contributed by atoms with Crippen LogP contribution in [0.15, 0.2) is 30.5 Å². The highest BCUT2D eigenvalue weighted by Gasteiger charge is 2.31. The van der Waals surface area contributed by atoms with Gasteiger partial charge in [0.1, 0.15) is 11.5 Å². The van der Waals surface area contributed by atoms with Gasteiger partial charge < -0.3 is 14.7 Å². The fraction of sp³-hybridized carbons (Fsp3) is 0.312. The zero-order valence-corrected chi connectivity index (χ0v) is 13.0. The predicted molar refractivity (Wildman–Crippen MR) is 81.5 cm³/mol. The SMILES string of the molecule is Cc1c(C(=O)N2CCOC(C(=O)O)C2)cnn1-c1ccccc1F. The van der Waals surface area contributed by atoms with Gasteiger partial charge in [-0.15, -0.1) is 0 Å². The van der Waals surface area contributed by atoms with Gasteiger partial charge >= 0.3 is 5.97 Å². The van der Waals surface area contributed by atoms with E-state index in [1.807, 2.05) is 0 Å². The van der Waals surface area contributed by atoms with Crippen LogP contribution in [0.1, 0.15) is 16.1 Å². The molecule has 0 bridgehead atoms. The molecule has 2 heterocycles. The Bertz CT molecular complexity index is 789. The van der Waals surface area contributed by atoms with Crippen molar-refractivity contribution in [2.24, 2.45) is 0 Å². The van der Waals surface area contributed by atoms with E-state index in [-0.39, 0.29) is 24.7 Å². The van der Waals surface area contributed by atoms with Crippen LogP contribution in [0.25, 0.3) is 5.69 Å². The first-order valence-corrected chi connectivity index (χ1v) is 7.42. The lowest BCUT2D eigenvalue weighted by Crippen LogP contribution is -2.48. The van der Waals surface area contributed by atoms with E-state index in [0.29, 0.717) is 17.8 Å². The Hall–Kier alpha value is -2.74. The first-order chi connectivity index (χ1) is 11.5. The standard InChI is InChI=1S/C16H16FN3O4/c1-10-11(8-18-20(10)13-5-3-2-4-12(13)17)15(21)19-6-7-24-14(9-19)16(22)23/h2-5,8,14H,6-7,9H2,1H3,(H,22,23). The molecule has 7 nitrogen and oxygen atoms in total. The number of aromatic nitrogens is 2. The number of ether oxygens (including phenoxy) is 1. The van der Waals surface area contributed by atoms with Gasteiger partial charge in [-0.3, -0.25) is 4.79 Å². The number of carboxylic acid groups (broad SMARTS) is 1. The Kier molecular flexibility index (Phi) is 4.30. The minimum atomic E-state index is -1.11. The first kappa shape index (κ1) is 16.1. The number of carboxylic acids is 1. The van der Waals surface area contributed by atoms with Crippen molar-refractivity contribution in [1.29, 1.82) is 0 Å². The van der Waals surface area contributed by atoms with Gasteiger partial charge in [-0.05, 0) is 19.1 Å². The fourth-order valence-electron chi connectivity index (χ4n) is 2.64. The van der Waals surface area contributed by atoms with E-state index in [9.17, 15) is 14.0 Å². The molecule has 24 heavy (non-hydrogen) atoms. The lowest BCUT2D eigenvalue weighted by Gasteiger charge is -2.30. The Morgan fingerprint density at radius 3 is 2.83 bits per heavy atom. The minimum absolute atomic E-state index is 0.0293. The molecule has 0 saturated carbocycles. The second-order valence-corrected chi connectivity index (χ2v) is 5.46. The summed E-state index contributed by atoms with van der Waals surface area (Å²) >= 11 is 0. The lowest BCUT2D eigenvalue weighted by atomic mass is 10.2. The smallest absolute Gasteiger partial charge is 0.334 e. The number of hydrogen-bond acceptors (Lipinski definition) is 4. The average Bonchev–Trinajstić information content (AvgIpc) is 2.96. The van der Waals surface area contributed by atoms with Crippen LogP contribution in [0.4, 0.5) is 4.39 Å². The Morgan fingerprint density at radius 2 is 2.12 bits per heavy atom. The van der Waals surface area contributed by atoms with Crippen LogP contribution in [0.3, 0.4) is 0 Å². The normalized spacial score (nSPS) is 17.8. The van der Waals surface area contributed by atoms with Gasteiger partial charge in [0.25, 0.3) is 5.91 Å². The monoisotopic (exact) mass is 333 g/mol. The number of nitrogens with zero attached hydrogens (tertiary/aromatic N) is 3. The molecule has 2 aromatic rings. The summed E-state index contributed by atoms with van der Waals surface area (Å²) in [6.45, 7) is 2.09. The molecule has 1 fully saturated rings. The summed E-state index contributed by atoms with van der Waals surface area (Å²) in [5, 5.41) is 13.1. The van der Waals surface area contributed by atoms with Crippen molar-refractivity contribution in [3.05, 3.63) is 47.5 Å². The first-order valence-electron chi connectivity index (χ1n) is 7.42. The molecule has 1 atom stereocenters. The maximum absolute atomic E-state index is 13.9. The van der Waals surface area contributed by atoms with Crippen molar-refractivity contribution in [3.63, 3.8) is 0 Å². The summed E-state index contributed by atoms with van der Waals surface area (Å²) in [4.78, 5) is 25.1. The summed E-state index contributed by atoms with van der Waals surface area (Å²) in [5.74, 6) is -1.89. The van der Waals surface area contributed by atoms with Crippen molar-refractivity contribution < 1.29 is 23.8 Å². The van der Waals surface area contributed by atoms with E-state index in [2.05, 4.69) is 5.10 Å². The van der Waals surface area contributed by atoms with Crippen molar-refractivity contribution in [1.82, 2.24) is 14.7 Å². The van der Waals surface area contributed by atoms with Crippen LogP contribution in [0.2, 0.25) is 0 Å². The van der Waals surface area contributed by atoms with E-state index >= 15 is 0 Å². The summed E-state index contributed by atoms with van der Waals surface area (Å²) in [6.07, 6.45) is 0.333. The summed E-state index contributed by atoms with van der Waals surface area (Å²) < 4.78 is 20.4. The number of morpholine rings is 1.